The maximum atomic E-state index is 2.65. The Balaban J connectivity index is 1.09. The van der Waals surface area contributed by atoms with Crippen LogP contribution in [0.1, 0.15) is 44.5 Å². The third-order valence-corrected chi connectivity index (χ3v) is 17.1. The van der Waals surface area contributed by atoms with Gasteiger partial charge in [0.25, 0.3) is 0 Å². The Morgan fingerprint density at radius 2 is 0.640 bits per heavy atom. The van der Waals surface area contributed by atoms with Gasteiger partial charge in [-0.25, -0.2) is 0 Å². The minimum atomic E-state index is -0.673. The summed E-state index contributed by atoms with van der Waals surface area (Å²) in [6.45, 7) is 0. The lowest BCUT2D eigenvalue weighted by molar-refractivity contribution is 0.768. The number of benzene rings is 13. The lowest BCUT2D eigenvalue weighted by atomic mass is 9.67. The molecule has 1 nitrogen and oxygen atoms in total. The van der Waals surface area contributed by atoms with Gasteiger partial charge in [-0.1, -0.05) is 255 Å². The first-order chi connectivity index (χ1) is 37.2. The lowest BCUT2D eigenvalue weighted by Crippen LogP contribution is -2.30. The Morgan fingerprint density at radius 3 is 1.19 bits per heavy atom. The molecule has 0 saturated carbocycles. The van der Waals surface area contributed by atoms with Gasteiger partial charge in [-0.2, -0.15) is 0 Å². The third kappa shape index (κ3) is 5.62. The fourth-order valence-electron chi connectivity index (χ4n) is 14.3. The minimum Gasteiger partial charge on any atom is -0.309 e. The van der Waals surface area contributed by atoms with E-state index in [1.807, 2.05) is 0 Å². The van der Waals surface area contributed by atoms with E-state index in [1.54, 1.807) is 0 Å². The highest BCUT2D eigenvalue weighted by Gasteiger charge is 2.53. The van der Waals surface area contributed by atoms with Crippen LogP contribution in [-0.2, 0) is 10.8 Å². The predicted octanol–water partition coefficient (Wildman–Crippen LogP) is 19.0. The molecule has 13 aromatic carbocycles. The molecular formula is C74H47N. The maximum absolute atomic E-state index is 2.65. The van der Waals surface area contributed by atoms with Gasteiger partial charge in [0.2, 0.25) is 0 Å². The van der Waals surface area contributed by atoms with Crippen LogP contribution in [0.3, 0.4) is 0 Å². The van der Waals surface area contributed by atoms with E-state index in [9.17, 15) is 0 Å². The number of hydrogen-bond acceptors (Lipinski definition) is 1. The molecule has 16 rings (SSSR count). The Bertz CT molecular complexity index is 4350. The SMILES string of the molecule is c1ccc(-c2cc3c(cc2N(c2ccc4c5ccccc5c5ccccc5c4c2)c2cccc4c2C(c2ccccc2)(c2ccccc2)c2ccccc2-4)C2(c4ccccc4-c4ccccc42)c2ccccc2-3)cc1. The number of fused-ring (bicyclic) bond motifs is 19. The van der Waals surface area contributed by atoms with Gasteiger partial charge in [-0.15, -0.1) is 0 Å². The van der Waals surface area contributed by atoms with Crippen molar-refractivity contribution in [1.82, 2.24) is 0 Å². The van der Waals surface area contributed by atoms with Crippen molar-refractivity contribution in [1.29, 1.82) is 0 Å². The summed E-state index contributed by atoms with van der Waals surface area (Å²) in [6.07, 6.45) is 0. The van der Waals surface area contributed by atoms with Gasteiger partial charge in [-0.3, -0.25) is 0 Å². The van der Waals surface area contributed by atoms with Crippen LogP contribution in [-0.4, -0.2) is 0 Å². The highest BCUT2D eigenvalue weighted by Crippen LogP contribution is 2.66. The summed E-state index contributed by atoms with van der Waals surface area (Å²) in [6, 6.07) is 108. The molecule has 0 N–H and O–H groups in total. The fourth-order valence-corrected chi connectivity index (χ4v) is 14.3. The van der Waals surface area contributed by atoms with Gasteiger partial charge in [-0.05, 0) is 141 Å². The molecule has 1 spiro atoms. The summed E-state index contributed by atoms with van der Waals surface area (Å²) in [5.74, 6) is 0. The van der Waals surface area contributed by atoms with Crippen LogP contribution in [0.2, 0.25) is 0 Å². The van der Waals surface area contributed by atoms with Crippen molar-refractivity contribution in [3.63, 3.8) is 0 Å². The van der Waals surface area contributed by atoms with Crippen LogP contribution in [0, 0.1) is 0 Å². The van der Waals surface area contributed by atoms with E-state index in [0.29, 0.717) is 0 Å². The Morgan fingerprint density at radius 1 is 0.227 bits per heavy atom. The van der Waals surface area contributed by atoms with E-state index in [1.165, 1.54) is 116 Å². The molecule has 0 aromatic heterocycles. The van der Waals surface area contributed by atoms with E-state index in [0.717, 1.165) is 22.6 Å². The molecule has 348 valence electrons. The molecule has 0 heterocycles. The molecule has 0 fully saturated rings. The summed E-state index contributed by atoms with van der Waals surface area (Å²) in [7, 11) is 0. The number of hydrogen-bond donors (Lipinski definition) is 0. The van der Waals surface area contributed by atoms with Crippen LogP contribution in [0.5, 0.6) is 0 Å². The normalized spacial score (nSPS) is 13.8. The number of rotatable bonds is 6. The second-order valence-electron chi connectivity index (χ2n) is 20.6. The van der Waals surface area contributed by atoms with Crippen molar-refractivity contribution in [3.8, 4) is 44.5 Å². The third-order valence-electron chi connectivity index (χ3n) is 17.1. The molecule has 13 aromatic rings. The average Bonchev–Trinajstić information content (AvgIpc) is 4.12. The molecule has 0 unspecified atom stereocenters. The minimum absolute atomic E-state index is 0.556. The molecular weight excluding hydrogens is 903 g/mol. The number of anilines is 3. The highest BCUT2D eigenvalue weighted by molar-refractivity contribution is 6.26. The van der Waals surface area contributed by atoms with E-state index in [2.05, 4.69) is 290 Å². The molecule has 0 aliphatic heterocycles. The largest absolute Gasteiger partial charge is 0.309 e. The Labute approximate surface area is 436 Å². The van der Waals surface area contributed by atoms with Crippen molar-refractivity contribution in [3.05, 3.63) is 330 Å². The zero-order chi connectivity index (χ0) is 49.2. The standard InChI is InChI=1S/C74H47N/c1-4-23-48(24-5-1)62-46-64-60-36-17-21-41-68(60)74(66-39-19-14-33-57(66)58-34-15-20-40-67(58)74)69(64)47-71(62)75(51-43-44-56-54-31-11-10-29-52(54)53-30-12-13-32-55(53)63(56)45-51)70-42-22-37-61-59-35-16-18-38-65(59)73(72(61)70,49-25-6-2-7-26-49)50-27-8-3-9-28-50/h1-47H. The van der Waals surface area contributed by atoms with E-state index in [-0.39, 0.29) is 0 Å². The molecule has 75 heavy (non-hydrogen) atoms. The molecule has 0 atom stereocenters. The highest BCUT2D eigenvalue weighted by atomic mass is 15.2. The van der Waals surface area contributed by atoms with E-state index in [4.69, 9.17) is 0 Å². The van der Waals surface area contributed by atoms with Crippen LogP contribution < -0.4 is 4.90 Å². The fraction of sp³-hybridized carbons (Fsp3) is 0.0270. The second-order valence-corrected chi connectivity index (χ2v) is 20.6. The van der Waals surface area contributed by atoms with Gasteiger partial charge in [0.15, 0.2) is 0 Å². The summed E-state index contributed by atoms with van der Waals surface area (Å²) in [4.78, 5) is 2.65. The van der Waals surface area contributed by atoms with Crippen molar-refractivity contribution < 1.29 is 0 Å². The van der Waals surface area contributed by atoms with Gasteiger partial charge < -0.3 is 4.90 Å². The molecule has 0 saturated heterocycles. The van der Waals surface area contributed by atoms with Gasteiger partial charge in [0.05, 0.1) is 22.2 Å². The summed E-state index contributed by atoms with van der Waals surface area (Å²) >= 11 is 0. The van der Waals surface area contributed by atoms with Crippen molar-refractivity contribution in [2.75, 3.05) is 4.90 Å². The molecule has 0 amide bonds. The van der Waals surface area contributed by atoms with E-state index >= 15 is 0 Å². The predicted molar refractivity (Wildman–Crippen MR) is 313 cm³/mol. The monoisotopic (exact) mass is 949 g/mol. The van der Waals surface area contributed by atoms with Crippen LogP contribution >= 0.6 is 0 Å². The topological polar surface area (TPSA) is 3.24 Å². The summed E-state index contributed by atoms with van der Waals surface area (Å²) in [5.41, 5.74) is 22.4. The average molecular weight is 950 g/mol. The number of nitrogens with zero attached hydrogens (tertiary/aromatic N) is 1. The zero-order valence-corrected chi connectivity index (χ0v) is 41.1. The first kappa shape index (κ1) is 42.0. The first-order valence-electron chi connectivity index (χ1n) is 26.3. The summed E-state index contributed by atoms with van der Waals surface area (Å²) in [5, 5.41) is 7.50. The van der Waals surface area contributed by atoms with Crippen molar-refractivity contribution >= 4 is 49.4 Å². The quantitative estimate of drug-likeness (QED) is 0.150. The van der Waals surface area contributed by atoms with Gasteiger partial charge in [0.1, 0.15) is 0 Å². The molecule has 1 heteroatoms. The van der Waals surface area contributed by atoms with Gasteiger partial charge >= 0.3 is 0 Å². The first-order valence-corrected chi connectivity index (χ1v) is 26.3. The molecule has 0 radical (unpaired) electrons. The smallest absolute Gasteiger partial charge is 0.0734 e. The Kier molecular flexibility index (Phi) is 8.94. The van der Waals surface area contributed by atoms with E-state index < -0.39 is 10.8 Å². The van der Waals surface area contributed by atoms with Crippen LogP contribution in [0.15, 0.2) is 285 Å². The van der Waals surface area contributed by atoms with Crippen molar-refractivity contribution in [2.24, 2.45) is 0 Å². The Hall–Kier alpha value is -9.56. The van der Waals surface area contributed by atoms with Gasteiger partial charge in [0, 0.05) is 16.8 Å². The molecule has 3 aliphatic rings. The second kappa shape index (κ2) is 16.0. The van der Waals surface area contributed by atoms with Crippen LogP contribution in [0.25, 0.3) is 76.8 Å². The lowest BCUT2D eigenvalue weighted by Gasteiger charge is -2.39. The van der Waals surface area contributed by atoms with Crippen molar-refractivity contribution in [2.45, 2.75) is 10.8 Å². The molecule has 3 aliphatic carbocycles. The van der Waals surface area contributed by atoms with Crippen LogP contribution in [0.4, 0.5) is 17.1 Å². The summed E-state index contributed by atoms with van der Waals surface area (Å²) < 4.78 is 0. The maximum Gasteiger partial charge on any atom is 0.0734 e. The zero-order valence-electron chi connectivity index (χ0n) is 41.1. The molecule has 0 bridgehead atoms.